The maximum absolute atomic E-state index is 13.0. The summed E-state index contributed by atoms with van der Waals surface area (Å²) in [6.45, 7) is 2.49. The average Bonchev–Trinajstić information content (AvgIpc) is 3.20. The Labute approximate surface area is 166 Å². The van der Waals surface area contributed by atoms with E-state index in [0.717, 1.165) is 11.3 Å². The Balaban J connectivity index is 1.96. The molecule has 0 spiro atoms. The summed E-state index contributed by atoms with van der Waals surface area (Å²) in [7, 11) is 1.59. The molecule has 7 heteroatoms. The predicted molar refractivity (Wildman–Crippen MR) is 109 cm³/mol. The number of benzene rings is 2. The molecule has 0 amide bonds. The van der Waals surface area contributed by atoms with E-state index >= 15 is 0 Å². The topological polar surface area (TPSA) is 74.8 Å². The number of hydrogen-bond donors (Lipinski definition) is 0. The van der Waals surface area contributed by atoms with Crippen LogP contribution < -0.4 is 15.0 Å². The molecule has 29 heavy (non-hydrogen) atoms. The van der Waals surface area contributed by atoms with E-state index in [2.05, 4.69) is 4.98 Å². The van der Waals surface area contributed by atoms with Gasteiger partial charge in [0.05, 0.1) is 25.6 Å². The summed E-state index contributed by atoms with van der Waals surface area (Å²) in [5.74, 6) is 1.44. The zero-order valence-electron chi connectivity index (χ0n) is 16.0. The van der Waals surface area contributed by atoms with Crippen LogP contribution in [-0.2, 0) is 0 Å². The SMILES string of the molecule is CCOc1ccc(-c2cn(-c3ccc(OC)cc3)c(=O)c3ncc(C=O)n23)cc1. The van der Waals surface area contributed by atoms with Gasteiger partial charge < -0.3 is 9.47 Å². The lowest BCUT2D eigenvalue weighted by atomic mass is 10.1. The van der Waals surface area contributed by atoms with E-state index in [0.29, 0.717) is 35.7 Å². The Kier molecular flexibility index (Phi) is 4.87. The molecule has 0 N–H and O–H groups in total. The van der Waals surface area contributed by atoms with Gasteiger partial charge in [0.1, 0.15) is 17.2 Å². The Hall–Kier alpha value is -3.87. The lowest BCUT2D eigenvalue weighted by molar-refractivity contribution is 0.111. The van der Waals surface area contributed by atoms with Crippen molar-refractivity contribution in [2.45, 2.75) is 6.92 Å². The zero-order chi connectivity index (χ0) is 20.4. The molecule has 4 aromatic rings. The van der Waals surface area contributed by atoms with E-state index in [4.69, 9.17) is 9.47 Å². The van der Waals surface area contributed by atoms with Gasteiger partial charge in [-0.3, -0.25) is 18.6 Å². The van der Waals surface area contributed by atoms with E-state index in [1.807, 2.05) is 31.2 Å². The zero-order valence-corrected chi connectivity index (χ0v) is 16.0. The molecular formula is C22H19N3O4. The molecule has 2 heterocycles. The van der Waals surface area contributed by atoms with Crippen LogP contribution in [0.25, 0.3) is 22.6 Å². The Morgan fingerprint density at radius 2 is 1.72 bits per heavy atom. The summed E-state index contributed by atoms with van der Waals surface area (Å²) in [6, 6.07) is 14.6. The monoisotopic (exact) mass is 389 g/mol. The van der Waals surface area contributed by atoms with Crippen LogP contribution in [-0.4, -0.2) is 34.0 Å². The molecule has 0 saturated carbocycles. The number of rotatable bonds is 6. The van der Waals surface area contributed by atoms with Crippen molar-refractivity contribution in [3.8, 4) is 28.4 Å². The van der Waals surface area contributed by atoms with Gasteiger partial charge in [-0.1, -0.05) is 0 Å². The van der Waals surface area contributed by atoms with Crippen LogP contribution >= 0.6 is 0 Å². The van der Waals surface area contributed by atoms with Crippen molar-refractivity contribution in [1.29, 1.82) is 0 Å². The second kappa shape index (κ2) is 7.63. The van der Waals surface area contributed by atoms with Gasteiger partial charge in [0.2, 0.25) is 5.65 Å². The van der Waals surface area contributed by atoms with Gasteiger partial charge in [0.25, 0.3) is 5.56 Å². The number of fused-ring (bicyclic) bond motifs is 1. The third-order valence-corrected chi connectivity index (χ3v) is 4.62. The van der Waals surface area contributed by atoms with E-state index in [1.54, 1.807) is 42.0 Å². The van der Waals surface area contributed by atoms with Crippen LogP contribution in [0.1, 0.15) is 17.4 Å². The molecule has 0 aliphatic carbocycles. The van der Waals surface area contributed by atoms with Gasteiger partial charge in [-0.2, -0.15) is 0 Å². The van der Waals surface area contributed by atoms with E-state index in [1.165, 1.54) is 10.8 Å². The summed E-state index contributed by atoms with van der Waals surface area (Å²) in [4.78, 5) is 28.8. The third kappa shape index (κ3) is 3.27. The van der Waals surface area contributed by atoms with Crippen LogP contribution in [0.5, 0.6) is 11.5 Å². The maximum atomic E-state index is 13.0. The highest BCUT2D eigenvalue weighted by atomic mass is 16.5. The van der Waals surface area contributed by atoms with Gasteiger partial charge in [-0.25, -0.2) is 4.98 Å². The van der Waals surface area contributed by atoms with Gasteiger partial charge >= 0.3 is 0 Å². The molecule has 0 saturated heterocycles. The first-order valence-electron chi connectivity index (χ1n) is 9.12. The third-order valence-electron chi connectivity index (χ3n) is 4.62. The molecule has 7 nitrogen and oxygen atoms in total. The number of hydrogen-bond acceptors (Lipinski definition) is 5. The fraction of sp³-hybridized carbons (Fsp3) is 0.136. The van der Waals surface area contributed by atoms with Crippen molar-refractivity contribution in [3.63, 3.8) is 0 Å². The highest BCUT2D eigenvalue weighted by Crippen LogP contribution is 2.25. The van der Waals surface area contributed by atoms with Gasteiger partial charge in [-0.15, -0.1) is 0 Å². The number of carbonyl (C=O) groups excluding carboxylic acids is 1. The molecule has 0 aliphatic rings. The molecule has 146 valence electrons. The largest absolute Gasteiger partial charge is 0.497 e. The first-order valence-corrected chi connectivity index (χ1v) is 9.12. The molecule has 0 fully saturated rings. The molecular weight excluding hydrogens is 370 g/mol. The molecule has 2 aromatic heterocycles. The summed E-state index contributed by atoms with van der Waals surface area (Å²) in [5.41, 5.74) is 2.32. The molecule has 4 rings (SSSR count). The van der Waals surface area contributed by atoms with Crippen molar-refractivity contribution >= 4 is 11.9 Å². The minimum Gasteiger partial charge on any atom is -0.497 e. The van der Waals surface area contributed by atoms with E-state index < -0.39 is 0 Å². The van der Waals surface area contributed by atoms with Crippen molar-refractivity contribution in [1.82, 2.24) is 14.0 Å². The summed E-state index contributed by atoms with van der Waals surface area (Å²) < 4.78 is 13.8. The van der Waals surface area contributed by atoms with Crippen LogP contribution in [0.3, 0.4) is 0 Å². The Morgan fingerprint density at radius 3 is 2.34 bits per heavy atom. The lowest BCUT2D eigenvalue weighted by Gasteiger charge is -2.13. The number of ether oxygens (including phenoxy) is 2. The second-order valence-corrected chi connectivity index (χ2v) is 6.30. The van der Waals surface area contributed by atoms with E-state index in [-0.39, 0.29) is 11.2 Å². The first-order chi connectivity index (χ1) is 14.2. The number of aldehydes is 1. The average molecular weight is 389 g/mol. The smallest absolute Gasteiger partial charge is 0.298 e. The highest BCUT2D eigenvalue weighted by molar-refractivity contribution is 5.77. The van der Waals surface area contributed by atoms with Crippen molar-refractivity contribution < 1.29 is 14.3 Å². The maximum Gasteiger partial charge on any atom is 0.298 e. The van der Waals surface area contributed by atoms with Crippen molar-refractivity contribution in [2.75, 3.05) is 13.7 Å². The van der Waals surface area contributed by atoms with E-state index in [9.17, 15) is 9.59 Å². The van der Waals surface area contributed by atoms with Crippen LogP contribution in [0.2, 0.25) is 0 Å². The molecule has 0 bridgehead atoms. The molecule has 0 atom stereocenters. The van der Waals surface area contributed by atoms with Crippen LogP contribution in [0, 0.1) is 0 Å². The summed E-state index contributed by atoms with van der Waals surface area (Å²) >= 11 is 0. The number of imidazole rings is 1. The standard InChI is InChI=1S/C22H19N3O4/c1-3-29-19-8-4-15(5-9-19)20-13-24(16-6-10-18(28-2)11-7-16)22(27)21-23-12-17(14-26)25(20)21/h4-14H,3H2,1-2H3. The minimum atomic E-state index is -0.321. The van der Waals surface area contributed by atoms with Gasteiger partial charge in [0.15, 0.2) is 6.29 Å². The van der Waals surface area contributed by atoms with Gasteiger partial charge in [-0.05, 0) is 55.5 Å². The number of carbonyl (C=O) groups is 1. The first kappa shape index (κ1) is 18.5. The van der Waals surface area contributed by atoms with Gasteiger partial charge in [0, 0.05) is 17.4 Å². The Bertz CT molecular complexity index is 1220. The molecule has 0 aliphatic heterocycles. The fourth-order valence-electron chi connectivity index (χ4n) is 3.23. The summed E-state index contributed by atoms with van der Waals surface area (Å²) in [6.07, 6.45) is 3.80. The number of methoxy groups -OCH3 is 1. The quantitative estimate of drug-likeness (QED) is 0.473. The molecule has 0 radical (unpaired) electrons. The number of aromatic nitrogens is 3. The van der Waals surface area contributed by atoms with Crippen molar-refractivity contribution in [3.05, 3.63) is 77.0 Å². The highest BCUT2D eigenvalue weighted by Gasteiger charge is 2.16. The minimum absolute atomic E-state index is 0.175. The van der Waals surface area contributed by atoms with Crippen LogP contribution in [0.4, 0.5) is 0 Å². The fourth-order valence-corrected chi connectivity index (χ4v) is 3.23. The predicted octanol–water partition coefficient (Wildman–Crippen LogP) is 3.37. The normalized spacial score (nSPS) is 10.8. The summed E-state index contributed by atoms with van der Waals surface area (Å²) in [5, 5.41) is 0. The van der Waals surface area contributed by atoms with Crippen molar-refractivity contribution in [2.24, 2.45) is 0 Å². The number of nitrogens with zero attached hydrogens (tertiary/aromatic N) is 3. The lowest BCUT2D eigenvalue weighted by Crippen LogP contribution is -2.22. The molecule has 2 aromatic carbocycles. The molecule has 0 unspecified atom stereocenters. The van der Waals surface area contributed by atoms with Crippen LogP contribution in [0.15, 0.2) is 65.7 Å². The second-order valence-electron chi connectivity index (χ2n) is 6.30. The Morgan fingerprint density at radius 1 is 1.03 bits per heavy atom.